The van der Waals surface area contributed by atoms with Gasteiger partial charge in [-0.15, -0.1) is 0 Å². The van der Waals surface area contributed by atoms with E-state index < -0.39 is 0 Å². The lowest BCUT2D eigenvalue weighted by Crippen LogP contribution is -2.19. The third-order valence-corrected chi connectivity index (χ3v) is 3.46. The first-order valence-electron chi connectivity index (χ1n) is 6.31. The van der Waals surface area contributed by atoms with Crippen LogP contribution in [0.1, 0.15) is 12.6 Å². The van der Waals surface area contributed by atoms with E-state index in [9.17, 15) is 9.59 Å². The van der Waals surface area contributed by atoms with Crippen molar-refractivity contribution in [2.75, 3.05) is 10.6 Å². The fourth-order valence-electron chi connectivity index (χ4n) is 1.76. The smallest absolute Gasteiger partial charge is 0.246 e. The SMILES string of the molecule is CC(=O)Nc1ccc(NC(=O)Cn2cc(Br)c(C)n2)cc1. The molecule has 7 heteroatoms. The highest BCUT2D eigenvalue weighted by atomic mass is 79.9. The number of amides is 2. The summed E-state index contributed by atoms with van der Waals surface area (Å²) in [4.78, 5) is 22.8. The maximum Gasteiger partial charge on any atom is 0.246 e. The second-order valence-corrected chi connectivity index (χ2v) is 5.42. The predicted octanol–water partition coefficient (Wildman–Crippen LogP) is 2.55. The zero-order valence-electron chi connectivity index (χ0n) is 11.7. The number of aryl methyl sites for hydroxylation is 1. The molecule has 0 aliphatic rings. The first-order valence-corrected chi connectivity index (χ1v) is 7.10. The Labute approximate surface area is 130 Å². The first-order chi connectivity index (χ1) is 9.94. The Morgan fingerprint density at radius 2 is 1.76 bits per heavy atom. The minimum absolute atomic E-state index is 0.133. The summed E-state index contributed by atoms with van der Waals surface area (Å²) < 4.78 is 2.44. The Hall–Kier alpha value is -2.15. The standard InChI is InChI=1S/C14H15BrN4O2/c1-9-13(15)7-19(18-9)8-14(21)17-12-5-3-11(4-6-12)16-10(2)20/h3-7H,8H2,1-2H3,(H,16,20)(H,17,21). The molecular formula is C14H15BrN4O2. The van der Waals surface area contributed by atoms with E-state index in [0.29, 0.717) is 11.4 Å². The van der Waals surface area contributed by atoms with Gasteiger partial charge in [0.2, 0.25) is 11.8 Å². The number of carbonyl (C=O) groups excluding carboxylic acids is 2. The summed E-state index contributed by atoms with van der Waals surface area (Å²) in [7, 11) is 0. The zero-order chi connectivity index (χ0) is 15.4. The summed E-state index contributed by atoms with van der Waals surface area (Å²) >= 11 is 3.35. The number of benzene rings is 1. The minimum Gasteiger partial charge on any atom is -0.326 e. The summed E-state index contributed by atoms with van der Waals surface area (Å²) in [6.07, 6.45) is 1.76. The number of nitrogens with zero attached hydrogens (tertiary/aromatic N) is 2. The third kappa shape index (κ3) is 4.42. The van der Waals surface area contributed by atoms with Crippen molar-refractivity contribution in [1.82, 2.24) is 9.78 Å². The Morgan fingerprint density at radius 1 is 1.19 bits per heavy atom. The number of anilines is 2. The predicted molar refractivity (Wildman–Crippen MR) is 84.0 cm³/mol. The van der Waals surface area contributed by atoms with Crippen LogP contribution in [0.3, 0.4) is 0 Å². The van der Waals surface area contributed by atoms with Gasteiger partial charge in [-0.05, 0) is 47.1 Å². The van der Waals surface area contributed by atoms with Gasteiger partial charge in [0.1, 0.15) is 6.54 Å². The summed E-state index contributed by atoms with van der Waals surface area (Å²) in [5.41, 5.74) is 2.19. The Kier molecular flexibility index (Phi) is 4.74. The van der Waals surface area contributed by atoms with Crippen LogP contribution in [-0.2, 0) is 16.1 Å². The number of aromatic nitrogens is 2. The summed E-state index contributed by atoms with van der Waals surface area (Å²) in [6.45, 7) is 3.44. The Bertz CT molecular complexity index is 645. The zero-order valence-corrected chi connectivity index (χ0v) is 13.3. The fourth-order valence-corrected chi connectivity index (χ4v) is 2.08. The quantitative estimate of drug-likeness (QED) is 0.889. The van der Waals surface area contributed by atoms with Gasteiger partial charge in [0.15, 0.2) is 0 Å². The van der Waals surface area contributed by atoms with Crippen molar-refractivity contribution in [2.24, 2.45) is 0 Å². The highest BCUT2D eigenvalue weighted by molar-refractivity contribution is 9.10. The van der Waals surface area contributed by atoms with Crippen LogP contribution in [0.5, 0.6) is 0 Å². The summed E-state index contributed by atoms with van der Waals surface area (Å²) in [6, 6.07) is 6.91. The third-order valence-electron chi connectivity index (χ3n) is 2.68. The van der Waals surface area contributed by atoms with Gasteiger partial charge in [0, 0.05) is 24.5 Å². The van der Waals surface area contributed by atoms with E-state index >= 15 is 0 Å². The monoisotopic (exact) mass is 350 g/mol. The second-order valence-electron chi connectivity index (χ2n) is 4.57. The average molecular weight is 351 g/mol. The maximum absolute atomic E-state index is 11.9. The molecule has 0 fully saturated rings. The van der Waals surface area contributed by atoms with E-state index in [1.807, 2.05) is 6.92 Å². The molecule has 110 valence electrons. The van der Waals surface area contributed by atoms with Crippen LogP contribution >= 0.6 is 15.9 Å². The maximum atomic E-state index is 11.9. The molecule has 0 saturated carbocycles. The lowest BCUT2D eigenvalue weighted by Gasteiger charge is -2.07. The van der Waals surface area contributed by atoms with Gasteiger partial charge in [0.25, 0.3) is 0 Å². The van der Waals surface area contributed by atoms with Crippen LogP contribution in [0.15, 0.2) is 34.9 Å². The largest absolute Gasteiger partial charge is 0.326 e. The molecule has 0 aliphatic carbocycles. The van der Waals surface area contributed by atoms with Crippen LogP contribution in [0.2, 0.25) is 0 Å². The number of hydrogen-bond donors (Lipinski definition) is 2. The number of halogens is 1. The van der Waals surface area contributed by atoms with Crippen LogP contribution in [0.4, 0.5) is 11.4 Å². The van der Waals surface area contributed by atoms with E-state index in [4.69, 9.17) is 0 Å². The molecule has 2 aromatic rings. The van der Waals surface area contributed by atoms with E-state index in [1.165, 1.54) is 6.92 Å². The molecule has 6 nitrogen and oxygen atoms in total. The first kappa shape index (κ1) is 15.2. The number of hydrogen-bond acceptors (Lipinski definition) is 3. The highest BCUT2D eigenvalue weighted by Gasteiger charge is 2.07. The molecule has 21 heavy (non-hydrogen) atoms. The van der Waals surface area contributed by atoms with Crippen molar-refractivity contribution in [1.29, 1.82) is 0 Å². The molecule has 0 bridgehead atoms. The van der Waals surface area contributed by atoms with Gasteiger partial charge in [-0.2, -0.15) is 5.10 Å². The molecule has 2 amide bonds. The molecule has 0 unspecified atom stereocenters. The van der Waals surface area contributed by atoms with Crippen molar-refractivity contribution < 1.29 is 9.59 Å². The van der Waals surface area contributed by atoms with Gasteiger partial charge in [-0.3, -0.25) is 14.3 Å². The minimum atomic E-state index is -0.169. The molecular weight excluding hydrogens is 336 g/mol. The van der Waals surface area contributed by atoms with Crippen LogP contribution in [0.25, 0.3) is 0 Å². The van der Waals surface area contributed by atoms with Gasteiger partial charge >= 0.3 is 0 Å². The molecule has 2 rings (SSSR count). The fraction of sp³-hybridized carbons (Fsp3) is 0.214. The molecule has 0 atom stereocenters. The van der Waals surface area contributed by atoms with Gasteiger partial charge < -0.3 is 10.6 Å². The van der Waals surface area contributed by atoms with Gasteiger partial charge in [-0.1, -0.05) is 0 Å². The van der Waals surface area contributed by atoms with Gasteiger partial charge in [-0.25, -0.2) is 0 Å². The average Bonchev–Trinajstić information content (AvgIpc) is 2.70. The van der Waals surface area contributed by atoms with Crippen LogP contribution < -0.4 is 10.6 Å². The van der Waals surface area contributed by atoms with Crippen molar-refractivity contribution in [2.45, 2.75) is 20.4 Å². The lowest BCUT2D eigenvalue weighted by molar-refractivity contribution is -0.117. The lowest BCUT2D eigenvalue weighted by atomic mass is 10.2. The van der Waals surface area contributed by atoms with Crippen LogP contribution in [0, 0.1) is 6.92 Å². The molecule has 1 aromatic heterocycles. The number of carbonyl (C=O) groups is 2. The molecule has 0 radical (unpaired) electrons. The van der Waals surface area contributed by atoms with E-state index in [1.54, 1.807) is 35.1 Å². The molecule has 0 saturated heterocycles. The van der Waals surface area contributed by atoms with E-state index in [2.05, 4.69) is 31.7 Å². The van der Waals surface area contributed by atoms with E-state index in [0.717, 1.165) is 10.2 Å². The van der Waals surface area contributed by atoms with Crippen molar-refractivity contribution in [3.05, 3.63) is 40.6 Å². The van der Waals surface area contributed by atoms with Crippen molar-refractivity contribution in [3.63, 3.8) is 0 Å². The molecule has 1 aromatic carbocycles. The Balaban J connectivity index is 1.94. The number of rotatable bonds is 4. The summed E-state index contributed by atoms with van der Waals surface area (Å²) in [5.74, 6) is -0.302. The highest BCUT2D eigenvalue weighted by Crippen LogP contribution is 2.15. The summed E-state index contributed by atoms with van der Waals surface area (Å²) in [5, 5.41) is 9.64. The van der Waals surface area contributed by atoms with E-state index in [-0.39, 0.29) is 18.4 Å². The topological polar surface area (TPSA) is 76.0 Å². The molecule has 2 N–H and O–H groups in total. The molecule has 1 heterocycles. The van der Waals surface area contributed by atoms with Crippen molar-refractivity contribution >= 4 is 39.1 Å². The molecule has 0 aliphatic heterocycles. The van der Waals surface area contributed by atoms with Crippen LogP contribution in [-0.4, -0.2) is 21.6 Å². The van der Waals surface area contributed by atoms with Crippen molar-refractivity contribution in [3.8, 4) is 0 Å². The molecule has 0 spiro atoms. The number of nitrogens with one attached hydrogen (secondary N) is 2. The van der Waals surface area contributed by atoms with Gasteiger partial charge in [0.05, 0.1) is 10.2 Å². The normalized spacial score (nSPS) is 10.2. The second kappa shape index (κ2) is 6.53. The Morgan fingerprint density at radius 3 is 2.24 bits per heavy atom.